The molecule has 0 aliphatic heterocycles. The van der Waals surface area contributed by atoms with Crippen molar-refractivity contribution in [1.82, 2.24) is 4.72 Å². The summed E-state index contributed by atoms with van der Waals surface area (Å²) in [6.07, 6.45) is 0.0840. The van der Waals surface area contributed by atoms with E-state index in [1.807, 2.05) is 12.1 Å². The summed E-state index contributed by atoms with van der Waals surface area (Å²) in [5.74, 6) is -0.613. The fourth-order valence-corrected chi connectivity index (χ4v) is 4.78. The highest BCUT2D eigenvalue weighted by atomic mass is 79.9. The number of phenolic OH excluding ortho intramolecular Hbond substituents is 1. The van der Waals surface area contributed by atoms with Crippen LogP contribution in [0.2, 0.25) is 0 Å². The number of benzene rings is 3. The summed E-state index contributed by atoms with van der Waals surface area (Å²) in [4.78, 5) is 12.3. The van der Waals surface area contributed by atoms with E-state index in [9.17, 15) is 18.3 Å². The molecule has 1 unspecified atom stereocenters. The number of aromatic hydroxyl groups is 1. The number of halogens is 1. The third-order valence-electron chi connectivity index (χ3n) is 4.28. The quantitative estimate of drug-likeness (QED) is 0.546. The van der Waals surface area contributed by atoms with Gasteiger partial charge in [0.15, 0.2) is 0 Å². The maximum atomic E-state index is 13.1. The summed E-state index contributed by atoms with van der Waals surface area (Å²) in [5.41, 5.74) is 0.677. The molecular formula is C20H18BrNO5S. The SMILES string of the molecule is COC(=O)C(Cc1ccc(O)cc1)NS(=O)(=O)c1ccc(Br)c2ccccc12. The van der Waals surface area contributed by atoms with E-state index in [1.165, 1.54) is 25.3 Å². The number of carbonyl (C=O) groups is 1. The standard InChI is InChI=1S/C20H18BrNO5S/c1-27-20(24)18(12-13-6-8-14(23)9-7-13)22-28(25,26)19-11-10-17(21)15-4-2-3-5-16(15)19/h2-11,18,22-23H,12H2,1H3. The molecule has 0 amide bonds. The molecule has 0 aliphatic carbocycles. The summed E-state index contributed by atoms with van der Waals surface area (Å²) in [5, 5.41) is 10.7. The topological polar surface area (TPSA) is 92.7 Å². The van der Waals surface area contributed by atoms with Gasteiger partial charge < -0.3 is 9.84 Å². The van der Waals surface area contributed by atoms with Crippen molar-refractivity contribution >= 4 is 42.7 Å². The number of fused-ring (bicyclic) bond motifs is 1. The first-order valence-electron chi connectivity index (χ1n) is 8.37. The summed E-state index contributed by atoms with van der Waals surface area (Å²) in [6, 6.07) is 15.3. The highest BCUT2D eigenvalue weighted by Crippen LogP contribution is 2.29. The average molecular weight is 464 g/mol. The Balaban J connectivity index is 1.97. The molecule has 0 fully saturated rings. The zero-order valence-electron chi connectivity index (χ0n) is 14.9. The lowest BCUT2D eigenvalue weighted by Crippen LogP contribution is -2.43. The van der Waals surface area contributed by atoms with Crippen molar-refractivity contribution in [2.75, 3.05) is 7.11 Å². The van der Waals surface area contributed by atoms with Crippen LogP contribution in [0.3, 0.4) is 0 Å². The van der Waals surface area contributed by atoms with Crippen LogP contribution in [0.1, 0.15) is 5.56 Å². The second kappa shape index (κ2) is 8.30. The van der Waals surface area contributed by atoms with Gasteiger partial charge >= 0.3 is 5.97 Å². The van der Waals surface area contributed by atoms with Gasteiger partial charge in [-0.2, -0.15) is 4.72 Å². The number of methoxy groups -OCH3 is 1. The minimum atomic E-state index is -4.01. The smallest absolute Gasteiger partial charge is 0.324 e. The highest BCUT2D eigenvalue weighted by molar-refractivity contribution is 9.10. The number of hydrogen-bond donors (Lipinski definition) is 2. The molecule has 0 saturated heterocycles. The molecule has 0 aliphatic rings. The van der Waals surface area contributed by atoms with Gasteiger partial charge in [0.05, 0.1) is 12.0 Å². The van der Waals surface area contributed by atoms with Gasteiger partial charge in [-0.05, 0) is 41.6 Å². The summed E-state index contributed by atoms with van der Waals surface area (Å²) < 4.78 is 34.1. The molecule has 0 saturated carbocycles. The number of nitrogens with one attached hydrogen (secondary N) is 1. The van der Waals surface area contributed by atoms with E-state index in [0.717, 1.165) is 9.86 Å². The largest absolute Gasteiger partial charge is 0.508 e. The first-order valence-corrected chi connectivity index (χ1v) is 10.6. The highest BCUT2D eigenvalue weighted by Gasteiger charge is 2.28. The first-order chi connectivity index (χ1) is 13.3. The van der Waals surface area contributed by atoms with Crippen molar-refractivity contribution < 1.29 is 23.1 Å². The van der Waals surface area contributed by atoms with Crippen molar-refractivity contribution in [3.05, 3.63) is 70.7 Å². The molecule has 0 radical (unpaired) electrons. The maximum absolute atomic E-state index is 13.1. The van der Waals surface area contributed by atoms with Crippen molar-refractivity contribution in [3.63, 3.8) is 0 Å². The van der Waals surface area contributed by atoms with Crippen LogP contribution in [-0.2, 0) is 26.0 Å². The predicted molar refractivity (Wildman–Crippen MR) is 110 cm³/mol. The van der Waals surface area contributed by atoms with Crippen LogP contribution in [0, 0.1) is 0 Å². The minimum Gasteiger partial charge on any atom is -0.508 e. The Hall–Kier alpha value is -2.42. The van der Waals surface area contributed by atoms with Crippen LogP contribution in [0.25, 0.3) is 10.8 Å². The zero-order chi connectivity index (χ0) is 20.3. The molecular weight excluding hydrogens is 446 g/mol. The monoisotopic (exact) mass is 463 g/mol. The van der Waals surface area contributed by atoms with Gasteiger partial charge in [-0.1, -0.05) is 52.3 Å². The van der Waals surface area contributed by atoms with Crippen LogP contribution < -0.4 is 4.72 Å². The second-order valence-electron chi connectivity index (χ2n) is 6.16. The van der Waals surface area contributed by atoms with Gasteiger partial charge in [-0.15, -0.1) is 0 Å². The van der Waals surface area contributed by atoms with Crippen molar-refractivity contribution in [3.8, 4) is 5.75 Å². The molecule has 3 aromatic rings. The first kappa shape index (κ1) is 20.3. The van der Waals surface area contributed by atoms with Crippen molar-refractivity contribution in [2.45, 2.75) is 17.4 Å². The van der Waals surface area contributed by atoms with E-state index in [-0.39, 0.29) is 17.1 Å². The van der Waals surface area contributed by atoms with Crippen LogP contribution in [0.5, 0.6) is 5.75 Å². The molecule has 0 heterocycles. The molecule has 6 nitrogen and oxygen atoms in total. The van der Waals surface area contributed by atoms with Gasteiger partial charge in [0, 0.05) is 9.86 Å². The van der Waals surface area contributed by atoms with Crippen LogP contribution in [-0.4, -0.2) is 32.6 Å². The van der Waals surface area contributed by atoms with Crippen LogP contribution >= 0.6 is 15.9 Å². The normalized spacial score (nSPS) is 12.6. The molecule has 8 heteroatoms. The Morgan fingerprint density at radius 2 is 1.71 bits per heavy atom. The molecule has 2 N–H and O–H groups in total. The van der Waals surface area contributed by atoms with Crippen LogP contribution in [0.15, 0.2) is 70.0 Å². The number of carbonyl (C=O) groups excluding carboxylic acids is 1. The van der Waals surface area contributed by atoms with E-state index >= 15 is 0 Å². The zero-order valence-corrected chi connectivity index (χ0v) is 17.3. The third kappa shape index (κ3) is 4.35. The fourth-order valence-electron chi connectivity index (χ4n) is 2.90. The Morgan fingerprint density at radius 3 is 2.36 bits per heavy atom. The minimum absolute atomic E-state index is 0.0749. The molecule has 3 rings (SSSR count). The fraction of sp³-hybridized carbons (Fsp3) is 0.150. The molecule has 0 bridgehead atoms. The second-order valence-corrected chi connectivity index (χ2v) is 8.70. The molecule has 28 heavy (non-hydrogen) atoms. The van der Waals surface area contributed by atoms with Gasteiger partial charge in [0.2, 0.25) is 10.0 Å². The van der Waals surface area contributed by atoms with E-state index in [0.29, 0.717) is 10.9 Å². The number of ether oxygens (including phenoxy) is 1. The summed E-state index contributed by atoms with van der Waals surface area (Å²) in [7, 11) is -2.80. The molecule has 0 spiro atoms. The lowest BCUT2D eigenvalue weighted by molar-refractivity contribution is -0.142. The van der Waals surface area contributed by atoms with Gasteiger partial charge in [-0.25, -0.2) is 8.42 Å². The molecule has 1 atom stereocenters. The number of phenols is 1. The lowest BCUT2D eigenvalue weighted by atomic mass is 10.1. The summed E-state index contributed by atoms with van der Waals surface area (Å²) >= 11 is 3.42. The lowest BCUT2D eigenvalue weighted by Gasteiger charge is -2.18. The molecule has 146 valence electrons. The van der Waals surface area contributed by atoms with E-state index in [4.69, 9.17) is 4.74 Å². The van der Waals surface area contributed by atoms with Crippen molar-refractivity contribution in [2.24, 2.45) is 0 Å². The van der Waals surface area contributed by atoms with E-state index in [2.05, 4.69) is 20.7 Å². The number of hydrogen-bond acceptors (Lipinski definition) is 5. The molecule has 3 aromatic carbocycles. The Labute approximate surface area is 171 Å². The Morgan fingerprint density at radius 1 is 1.07 bits per heavy atom. The van der Waals surface area contributed by atoms with Gasteiger partial charge in [-0.3, -0.25) is 4.79 Å². The third-order valence-corrected chi connectivity index (χ3v) is 6.50. The Bertz CT molecular complexity index is 1110. The van der Waals surface area contributed by atoms with Crippen molar-refractivity contribution in [1.29, 1.82) is 0 Å². The number of esters is 1. The van der Waals surface area contributed by atoms with E-state index in [1.54, 1.807) is 30.3 Å². The average Bonchev–Trinajstić information content (AvgIpc) is 2.68. The molecule has 0 aromatic heterocycles. The Kier molecular flexibility index (Phi) is 6.02. The number of rotatable bonds is 6. The van der Waals surface area contributed by atoms with Crippen LogP contribution in [0.4, 0.5) is 0 Å². The number of sulfonamides is 1. The van der Waals surface area contributed by atoms with E-state index < -0.39 is 22.0 Å². The van der Waals surface area contributed by atoms with Gasteiger partial charge in [0.1, 0.15) is 11.8 Å². The maximum Gasteiger partial charge on any atom is 0.324 e. The summed E-state index contributed by atoms with van der Waals surface area (Å²) in [6.45, 7) is 0. The van der Waals surface area contributed by atoms with Gasteiger partial charge in [0.25, 0.3) is 0 Å². The predicted octanol–water partition coefficient (Wildman–Crippen LogP) is 3.37.